The number of amides is 1. The molecular weight excluding hydrogens is 236 g/mol. The maximum absolute atomic E-state index is 12.4. The molecule has 92 valence electrons. The molecule has 1 spiro atoms. The molecule has 1 aromatic rings. The lowest BCUT2D eigenvalue weighted by Gasteiger charge is -2.47. The van der Waals surface area contributed by atoms with Gasteiger partial charge in [0.2, 0.25) is 5.91 Å². The number of hydrogen-bond acceptors (Lipinski definition) is 5. The summed E-state index contributed by atoms with van der Waals surface area (Å²) in [5.41, 5.74) is 7.31. The number of piperidine rings is 1. The van der Waals surface area contributed by atoms with Crippen LogP contribution in [0.4, 0.5) is 16.4 Å². The van der Waals surface area contributed by atoms with Crippen LogP contribution in [0.15, 0.2) is 5.38 Å². The van der Waals surface area contributed by atoms with Gasteiger partial charge in [0, 0.05) is 12.4 Å². The second-order valence-electron chi connectivity index (χ2n) is 4.65. The highest BCUT2D eigenvalue weighted by atomic mass is 32.1. The summed E-state index contributed by atoms with van der Waals surface area (Å²) >= 11 is 1.48. The Bertz CT molecular complexity index is 464. The zero-order valence-electron chi connectivity index (χ0n) is 9.75. The maximum Gasteiger partial charge on any atom is 0.250 e. The van der Waals surface area contributed by atoms with Crippen molar-refractivity contribution < 1.29 is 4.79 Å². The third kappa shape index (κ3) is 1.37. The van der Waals surface area contributed by atoms with E-state index in [1.807, 2.05) is 12.4 Å². The average molecular weight is 252 g/mol. The van der Waals surface area contributed by atoms with Crippen LogP contribution in [0.2, 0.25) is 0 Å². The second-order valence-corrected chi connectivity index (χ2v) is 5.57. The lowest BCUT2D eigenvalue weighted by atomic mass is 9.84. The summed E-state index contributed by atoms with van der Waals surface area (Å²) in [6.07, 6.45) is 1.68. The largest absolute Gasteiger partial charge is 0.389 e. The van der Waals surface area contributed by atoms with Gasteiger partial charge in [-0.05, 0) is 25.9 Å². The summed E-state index contributed by atoms with van der Waals surface area (Å²) < 4.78 is 0. The molecule has 0 radical (unpaired) electrons. The fourth-order valence-electron chi connectivity index (χ4n) is 2.75. The predicted octanol–water partition coefficient (Wildman–Crippen LogP) is 0.841. The molecule has 0 saturated carbocycles. The zero-order chi connectivity index (χ0) is 12.0. The van der Waals surface area contributed by atoms with Gasteiger partial charge in [0.1, 0.15) is 10.5 Å². The number of thiophene rings is 1. The Hall–Kier alpha value is -1.27. The smallest absolute Gasteiger partial charge is 0.250 e. The van der Waals surface area contributed by atoms with Gasteiger partial charge in [0.25, 0.3) is 0 Å². The van der Waals surface area contributed by atoms with Crippen LogP contribution in [0.5, 0.6) is 0 Å². The fourth-order valence-corrected chi connectivity index (χ4v) is 3.54. The van der Waals surface area contributed by atoms with Gasteiger partial charge in [-0.3, -0.25) is 4.79 Å². The standard InChI is InChI=1S/C11H16N4OS/c1-15-7-6-17-9(12)8(7)14-10(16)11(15)2-4-13-5-3-11/h6,13H,2-5,12H2,1H3,(H,14,16). The number of carbonyl (C=O) groups excluding carboxylic acids is 1. The summed E-state index contributed by atoms with van der Waals surface area (Å²) in [7, 11) is 2.00. The number of nitrogen functional groups attached to an aromatic ring is 1. The number of anilines is 3. The zero-order valence-corrected chi connectivity index (χ0v) is 10.6. The molecule has 0 aromatic carbocycles. The van der Waals surface area contributed by atoms with Crippen molar-refractivity contribution in [3.05, 3.63) is 5.38 Å². The van der Waals surface area contributed by atoms with Crippen LogP contribution in [0, 0.1) is 0 Å². The number of nitrogens with two attached hydrogens (primary N) is 1. The van der Waals surface area contributed by atoms with Crippen LogP contribution >= 0.6 is 11.3 Å². The van der Waals surface area contributed by atoms with Crippen LogP contribution in [-0.4, -0.2) is 31.6 Å². The number of nitrogens with one attached hydrogen (secondary N) is 2. The van der Waals surface area contributed by atoms with Crippen molar-refractivity contribution in [1.29, 1.82) is 0 Å². The van der Waals surface area contributed by atoms with Gasteiger partial charge in [-0.25, -0.2) is 0 Å². The van der Waals surface area contributed by atoms with Crippen molar-refractivity contribution in [2.24, 2.45) is 0 Å². The fraction of sp³-hybridized carbons (Fsp3) is 0.545. The van der Waals surface area contributed by atoms with Crippen molar-refractivity contribution in [3.8, 4) is 0 Å². The minimum absolute atomic E-state index is 0.0825. The number of likely N-dealkylation sites (N-methyl/N-ethyl adjacent to an activating group) is 1. The van der Waals surface area contributed by atoms with E-state index in [1.54, 1.807) is 0 Å². The topological polar surface area (TPSA) is 70.4 Å². The van der Waals surface area contributed by atoms with Gasteiger partial charge in [-0.2, -0.15) is 0 Å². The molecule has 0 aliphatic carbocycles. The van der Waals surface area contributed by atoms with Crippen LogP contribution in [0.25, 0.3) is 0 Å². The Kier molecular flexibility index (Phi) is 2.31. The van der Waals surface area contributed by atoms with E-state index in [9.17, 15) is 4.79 Å². The molecule has 3 heterocycles. The Morgan fingerprint density at radius 1 is 1.47 bits per heavy atom. The highest BCUT2D eigenvalue weighted by molar-refractivity contribution is 7.15. The Morgan fingerprint density at radius 3 is 2.88 bits per heavy atom. The van der Waals surface area contributed by atoms with Gasteiger partial charge in [0.15, 0.2) is 0 Å². The Balaban J connectivity index is 2.06. The maximum atomic E-state index is 12.4. The molecule has 1 aromatic heterocycles. The number of fused-ring (bicyclic) bond motifs is 1. The molecule has 2 aliphatic heterocycles. The average Bonchev–Trinajstić information content (AvgIpc) is 2.70. The molecular formula is C11H16N4OS. The van der Waals surface area contributed by atoms with Gasteiger partial charge in [-0.1, -0.05) is 0 Å². The monoisotopic (exact) mass is 252 g/mol. The normalized spacial score (nSPS) is 22.4. The lowest BCUT2D eigenvalue weighted by molar-refractivity contribution is -0.122. The first kappa shape index (κ1) is 10.9. The van der Waals surface area contributed by atoms with E-state index in [0.29, 0.717) is 5.00 Å². The lowest BCUT2D eigenvalue weighted by Crippen LogP contribution is -2.62. The summed E-state index contributed by atoms with van der Waals surface area (Å²) in [4.78, 5) is 14.5. The molecule has 1 fully saturated rings. The summed E-state index contributed by atoms with van der Waals surface area (Å²) in [5.74, 6) is 0.0825. The molecule has 1 saturated heterocycles. The highest BCUT2D eigenvalue weighted by Gasteiger charge is 2.47. The van der Waals surface area contributed by atoms with Crippen LogP contribution < -0.4 is 21.3 Å². The Labute approximate surface area is 104 Å². The van der Waals surface area contributed by atoms with Crippen LogP contribution in [0.3, 0.4) is 0 Å². The minimum Gasteiger partial charge on any atom is -0.389 e. The SMILES string of the molecule is CN1c2csc(N)c2NC(=O)C12CCNCC2. The second kappa shape index (κ2) is 3.61. The van der Waals surface area contributed by atoms with Crippen molar-refractivity contribution in [2.75, 3.05) is 36.1 Å². The van der Waals surface area contributed by atoms with E-state index in [0.717, 1.165) is 37.3 Å². The predicted molar refractivity (Wildman–Crippen MR) is 70.6 cm³/mol. The molecule has 0 atom stereocenters. The van der Waals surface area contributed by atoms with E-state index in [4.69, 9.17) is 5.73 Å². The molecule has 2 aliphatic rings. The molecule has 3 rings (SSSR count). The summed E-state index contributed by atoms with van der Waals surface area (Å²) in [6.45, 7) is 1.76. The van der Waals surface area contributed by atoms with Gasteiger partial charge >= 0.3 is 0 Å². The van der Waals surface area contributed by atoms with E-state index in [-0.39, 0.29) is 5.91 Å². The number of nitrogens with zero attached hydrogens (tertiary/aromatic N) is 1. The molecule has 0 bridgehead atoms. The van der Waals surface area contributed by atoms with Crippen LogP contribution in [0.1, 0.15) is 12.8 Å². The van der Waals surface area contributed by atoms with Crippen molar-refractivity contribution in [3.63, 3.8) is 0 Å². The van der Waals surface area contributed by atoms with Gasteiger partial charge in [-0.15, -0.1) is 11.3 Å². The number of hydrogen-bond donors (Lipinski definition) is 3. The van der Waals surface area contributed by atoms with E-state index in [2.05, 4.69) is 15.5 Å². The van der Waals surface area contributed by atoms with Crippen molar-refractivity contribution >= 4 is 33.6 Å². The van der Waals surface area contributed by atoms with E-state index >= 15 is 0 Å². The quantitative estimate of drug-likeness (QED) is 0.640. The van der Waals surface area contributed by atoms with E-state index < -0.39 is 5.54 Å². The third-order valence-electron chi connectivity index (χ3n) is 3.90. The summed E-state index contributed by atoms with van der Waals surface area (Å²) in [6, 6.07) is 0. The van der Waals surface area contributed by atoms with Gasteiger partial charge in [0.05, 0.1) is 11.4 Å². The third-order valence-corrected chi connectivity index (χ3v) is 4.69. The molecule has 5 nitrogen and oxygen atoms in total. The molecule has 1 amide bonds. The molecule has 0 unspecified atom stereocenters. The molecule has 6 heteroatoms. The number of carbonyl (C=O) groups is 1. The van der Waals surface area contributed by atoms with Crippen LogP contribution in [-0.2, 0) is 4.79 Å². The molecule has 17 heavy (non-hydrogen) atoms. The number of rotatable bonds is 0. The van der Waals surface area contributed by atoms with E-state index in [1.165, 1.54) is 11.3 Å². The minimum atomic E-state index is -0.397. The first-order valence-electron chi connectivity index (χ1n) is 5.78. The van der Waals surface area contributed by atoms with Crippen molar-refractivity contribution in [2.45, 2.75) is 18.4 Å². The Morgan fingerprint density at radius 2 is 2.18 bits per heavy atom. The summed E-state index contributed by atoms with van der Waals surface area (Å²) in [5, 5.41) is 8.98. The van der Waals surface area contributed by atoms with Gasteiger partial charge < -0.3 is 21.3 Å². The molecule has 4 N–H and O–H groups in total. The highest BCUT2D eigenvalue weighted by Crippen LogP contribution is 2.45. The first-order valence-corrected chi connectivity index (χ1v) is 6.66. The van der Waals surface area contributed by atoms with Crippen molar-refractivity contribution in [1.82, 2.24) is 5.32 Å². The first-order chi connectivity index (χ1) is 8.15.